The normalized spacial score (nSPS) is 11.7. The van der Waals surface area contributed by atoms with Gasteiger partial charge in [-0.3, -0.25) is 14.9 Å². The molecule has 0 spiro atoms. The van der Waals surface area contributed by atoms with Crippen molar-refractivity contribution in [2.24, 2.45) is 0 Å². The van der Waals surface area contributed by atoms with Gasteiger partial charge in [0.25, 0.3) is 5.69 Å². The van der Waals surface area contributed by atoms with Gasteiger partial charge in [-0.2, -0.15) is 8.78 Å². The zero-order valence-corrected chi connectivity index (χ0v) is 15.2. The monoisotopic (exact) mass is 398 g/mol. The number of nitro benzene ring substituents is 1. The number of hydrogen-bond donors (Lipinski definition) is 1. The van der Waals surface area contributed by atoms with Crippen molar-refractivity contribution in [2.75, 3.05) is 12.4 Å². The van der Waals surface area contributed by atoms with E-state index in [4.69, 9.17) is 4.74 Å². The first kappa shape index (κ1) is 20.4. The van der Waals surface area contributed by atoms with Crippen LogP contribution in [-0.4, -0.2) is 29.8 Å². The predicted molar refractivity (Wildman–Crippen MR) is 96.7 cm³/mol. The maximum atomic E-state index is 12.5. The van der Waals surface area contributed by atoms with Crippen LogP contribution in [0.3, 0.4) is 0 Å². The number of thioether (sulfide) groups is 1. The summed E-state index contributed by atoms with van der Waals surface area (Å²) in [6.45, 7) is -1.37. The lowest BCUT2D eigenvalue weighted by molar-refractivity contribution is -0.384. The van der Waals surface area contributed by atoms with Crippen LogP contribution in [0.15, 0.2) is 47.4 Å². The molecule has 1 unspecified atom stereocenters. The zero-order valence-electron chi connectivity index (χ0n) is 14.3. The van der Waals surface area contributed by atoms with E-state index in [-0.39, 0.29) is 28.8 Å². The summed E-state index contributed by atoms with van der Waals surface area (Å²) in [5, 5.41) is 12.7. The van der Waals surface area contributed by atoms with Crippen molar-refractivity contribution >= 4 is 29.0 Å². The third-order valence-corrected chi connectivity index (χ3v) is 4.49. The number of benzene rings is 2. The summed E-state index contributed by atoms with van der Waals surface area (Å²) in [4.78, 5) is 23.1. The van der Waals surface area contributed by atoms with Crippen molar-refractivity contribution < 1.29 is 28.0 Å². The zero-order chi connectivity index (χ0) is 20.0. The molecule has 2 aromatic carbocycles. The molecule has 0 aliphatic rings. The van der Waals surface area contributed by atoms with Crippen LogP contribution < -0.4 is 14.8 Å². The topological polar surface area (TPSA) is 90.7 Å². The van der Waals surface area contributed by atoms with Crippen molar-refractivity contribution in [2.45, 2.75) is 23.7 Å². The number of alkyl halides is 2. The Balaban J connectivity index is 2.04. The predicted octanol–water partition coefficient (Wildman–Crippen LogP) is 4.32. The Morgan fingerprint density at radius 1 is 1.19 bits per heavy atom. The number of ether oxygens (including phenoxy) is 2. The summed E-state index contributed by atoms with van der Waals surface area (Å²) >= 11 is 1.20. The molecule has 1 atom stereocenters. The standard InChI is InChI=1S/C17H16F2N2O5S/c1-10(27-13-6-4-12(5-7-13)21(23)24)16(22)20-11-3-8-14(25-2)15(9-11)26-17(18)19/h3-10,17H,1-2H3,(H,20,22). The van der Waals surface area contributed by atoms with E-state index in [1.807, 2.05) is 0 Å². The van der Waals surface area contributed by atoms with Gasteiger partial charge in [0.1, 0.15) is 0 Å². The number of carbonyl (C=O) groups is 1. The minimum absolute atomic E-state index is 0.0405. The average Bonchev–Trinajstić information content (AvgIpc) is 2.61. The van der Waals surface area contributed by atoms with Gasteiger partial charge in [-0.1, -0.05) is 0 Å². The number of nitrogens with zero attached hydrogens (tertiary/aromatic N) is 1. The second kappa shape index (κ2) is 9.17. The number of non-ortho nitro benzene ring substituents is 1. The van der Waals surface area contributed by atoms with Crippen LogP contribution in [0.1, 0.15) is 6.92 Å². The molecule has 0 fully saturated rings. The van der Waals surface area contributed by atoms with Crippen LogP contribution in [0.25, 0.3) is 0 Å². The lowest BCUT2D eigenvalue weighted by Crippen LogP contribution is -2.22. The molecule has 27 heavy (non-hydrogen) atoms. The minimum Gasteiger partial charge on any atom is -0.493 e. The SMILES string of the molecule is COc1ccc(NC(=O)C(C)Sc2ccc([N+](=O)[O-])cc2)cc1OC(F)F. The van der Waals surface area contributed by atoms with Crippen molar-refractivity contribution in [1.29, 1.82) is 0 Å². The summed E-state index contributed by atoms with van der Waals surface area (Å²) in [5.41, 5.74) is 0.230. The molecular formula is C17H16F2N2O5S. The van der Waals surface area contributed by atoms with E-state index in [0.29, 0.717) is 4.90 Å². The Morgan fingerprint density at radius 3 is 2.41 bits per heavy atom. The van der Waals surface area contributed by atoms with Gasteiger partial charge in [-0.15, -0.1) is 11.8 Å². The highest BCUT2D eigenvalue weighted by Crippen LogP contribution is 2.32. The van der Waals surface area contributed by atoms with Crippen LogP contribution in [0.2, 0.25) is 0 Å². The fraction of sp³-hybridized carbons (Fsp3) is 0.235. The Bertz CT molecular complexity index is 817. The number of rotatable bonds is 8. The summed E-state index contributed by atoms with van der Waals surface area (Å²) in [6, 6.07) is 9.95. The lowest BCUT2D eigenvalue weighted by Gasteiger charge is -2.14. The minimum atomic E-state index is -3.03. The molecule has 0 radical (unpaired) electrons. The third kappa shape index (κ3) is 5.81. The maximum Gasteiger partial charge on any atom is 0.387 e. The van der Waals surface area contributed by atoms with Crippen LogP contribution in [0.4, 0.5) is 20.2 Å². The summed E-state index contributed by atoms with van der Waals surface area (Å²) in [5.74, 6) is -0.450. The highest BCUT2D eigenvalue weighted by molar-refractivity contribution is 8.00. The number of methoxy groups -OCH3 is 1. The molecule has 1 amide bonds. The molecule has 0 aliphatic carbocycles. The highest BCUT2D eigenvalue weighted by atomic mass is 32.2. The summed E-state index contributed by atoms with van der Waals surface area (Å²) in [7, 11) is 1.31. The number of nitrogens with one attached hydrogen (secondary N) is 1. The second-order valence-electron chi connectivity index (χ2n) is 5.24. The maximum absolute atomic E-state index is 12.5. The van der Waals surface area contributed by atoms with E-state index < -0.39 is 16.8 Å². The van der Waals surface area contributed by atoms with Crippen LogP contribution in [-0.2, 0) is 4.79 Å². The first-order chi connectivity index (χ1) is 12.8. The van der Waals surface area contributed by atoms with Crippen molar-refractivity contribution in [1.82, 2.24) is 0 Å². The molecule has 7 nitrogen and oxygen atoms in total. The van der Waals surface area contributed by atoms with E-state index in [0.717, 1.165) is 0 Å². The van der Waals surface area contributed by atoms with E-state index in [1.54, 1.807) is 19.1 Å². The van der Waals surface area contributed by atoms with Gasteiger partial charge in [0.15, 0.2) is 11.5 Å². The van der Waals surface area contributed by atoms with Crippen LogP contribution in [0, 0.1) is 10.1 Å². The molecule has 1 N–H and O–H groups in total. The molecule has 0 saturated heterocycles. The lowest BCUT2D eigenvalue weighted by atomic mass is 10.2. The highest BCUT2D eigenvalue weighted by Gasteiger charge is 2.17. The number of amides is 1. The third-order valence-electron chi connectivity index (χ3n) is 3.38. The first-order valence-electron chi connectivity index (χ1n) is 7.65. The number of nitro groups is 1. The molecule has 0 aromatic heterocycles. The molecule has 0 aliphatic heterocycles. The number of halogens is 2. The first-order valence-corrected chi connectivity index (χ1v) is 8.53. The van der Waals surface area contributed by atoms with E-state index >= 15 is 0 Å². The number of carbonyl (C=O) groups excluding carboxylic acids is 1. The van der Waals surface area contributed by atoms with Crippen molar-refractivity contribution in [3.63, 3.8) is 0 Å². The van der Waals surface area contributed by atoms with Crippen molar-refractivity contribution in [3.05, 3.63) is 52.6 Å². The quantitative estimate of drug-likeness (QED) is 0.404. The number of hydrogen-bond acceptors (Lipinski definition) is 6. The van der Waals surface area contributed by atoms with E-state index in [1.165, 1.54) is 49.2 Å². The Morgan fingerprint density at radius 2 is 1.85 bits per heavy atom. The molecule has 0 bridgehead atoms. The number of anilines is 1. The smallest absolute Gasteiger partial charge is 0.387 e. The van der Waals surface area contributed by atoms with Crippen molar-refractivity contribution in [3.8, 4) is 11.5 Å². The Labute approximate surface area is 157 Å². The van der Waals surface area contributed by atoms with Gasteiger partial charge in [0.2, 0.25) is 5.91 Å². The fourth-order valence-corrected chi connectivity index (χ4v) is 2.96. The van der Waals surface area contributed by atoms with Gasteiger partial charge in [0.05, 0.1) is 17.3 Å². The van der Waals surface area contributed by atoms with Gasteiger partial charge >= 0.3 is 6.61 Å². The fourth-order valence-electron chi connectivity index (χ4n) is 2.09. The molecule has 2 aromatic rings. The van der Waals surface area contributed by atoms with Gasteiger partial charge in [0, 0.05) is 28.8 Å². The molecular weight excluding hydrogens is 382 g/mol. The van der Waals surface area contributed by atoms with Crippen LogP contribution in [0.5, 0.6) is 11.5 Å². The van der Waals surface area contributed by atoms with Gasteiger partial charge in [-0.05, 0) is 31.2 Å². The molecule has 0 heterocycles. The largest absolute Gasteiger partial charge is 0.493 e. The van der Waals surface area contributed by atoms with Gasteiger partial charge < -0.3 is 14.8 Å². The average molecular weight is 398 g/mol. The van der Waals surface area contributed by atoms with Gasteiger partial charge in [-0.25, -0.2) is 0 Å². The molecule has 2 rings (SSSR count). The summed E-state index contributed by atoms with van der Waals surface area (Å²) in [6.07, 6.45) is 0. The van der Waals surface area contributed by atoms with E-state index in [9.17, 15) is 23.7 Å². The molecule has 10 heteroatoms. The Kier molecular flexibility index (Phi) is 6.94. The molecule has 144 valence electrons. The Hall–Kier alpha value is -2.88. The van der Waals surface area contributed by atoms with Crippen LogP contribution >= 0.6 is 11.8 Å². The summed E-state index contributed by atoms with van der Waals surface area (Å²) < 4.78 is 34.2. The molecule has 0 saturated carbocycles. The second-order valence-corrected chi connectivity index (χ2v) is 6.66. The van der Waals surface area contributed by atoms with E-state index in [2.05, 4.69) is 10.1 Å².